The van der Waals surface area contributed by atoms with Gasteiger partial charge in [-0.1, -0.05) is 238 Å². The Kier molecular flexibility index (Phi) is 50.6. The molecule has 0 saturated heterocycles. The van der Waals surface area contributed by atoms with Gasteiger partial charge in [0.2, 0.25) is 0 Å². The third-order valence-corrected chi connectivity index (χ3v) is 10.8. The number of carbonyl (C=O) groups is 3. The van der Waals surface area contributed by atoms with E-state index in [4.69, 9.17) is 14.2 Å². The second-order valence-corrected chi connectivity index (χ2v) is 17.2. The fourth-order valence-electron chi connectivity index (χ4n) is 6.80. The summed E-state index contributed by atoms with van der Waals surface area (Å²) in [4.78, 5) is 38.0. The highest BCUT2D eigenvalue weighted by molar-refractivity contribution is 5.71. The molecule has 376 valence electrons. The molecule has 0 aromatic carbocycles. The van der Waals surface area contributed by atoms with E-state index in [1.54, 1.807) is 0 Å². The fourth-order valence-corrected chi connectivity index (χ4v) is 6.80. The maximum atomic E-state index is 12.8. The van der Waals surface area contributed by atoms with Crippen molar-refractivity contribution < 1.29 is 28.6 Å². The zero-order valence-corrected chi connectivity index (χ0v) is 42.9. The van der Waals surface area contributed by atoms with Gasteiger partial charge in [0.25, 0.3) is 0 Å². The summed E-state index contributed by atoms with van der Waals surface area (Å²) in [5, 5.41) is 0. The lowest BCUT2D eigenvalue weighted by atomic mass is 10.1. The first-order valence-electron chi connectivity index (χ1n) is 26.8. The van der Waals surface area contributed by atoms with Gasteiger partial charge in [-0.2, -0.15) is 0 Å². The molecule has 0 aliphatic heterocycles. The van der Waals surface area contributed by atoms with Gasteiger partial charge < -0.3 is 14.2 Å². The largest absolute Gasteiger partial charge is 0.462 e. The molecule has 0 fully saturated rings. The summed E-state index contributed by atoms with van der Waals surface area (Å²) < 4.78 is 16.7. The van der Waals surface area contributed by atoms with Crippen molar-refractivity contribution in [3.63, 3.8) is 0 Å². The summed E-state index contributed by atoms with van der Waals surface area (Å²) in [5.41, 5.74) is 0. The molecule has 0 aromatic rings. The third kappa shape index (κ3) is 52.4. The van der Waals surface area contributed by atoms with E-state index in [2.05, 4.69) is 75.5 Å². The van der Waals surface area contributed by atoms with Crippen LogP contribution in [0.15, 0.2) is 134 Å². The number of ether oxygens (including phenoxy) is 3. The van der Waals surface area contributed by atoms with E-state index >= 15 is 0 Å². The number of hydrogen-bond acceptors (Lipinski definition) is 6. The number of allylic oxidation sites excluding steroid dienone is 22. The molecule has 0 saturated carbocycles. The lowest BCUT2D eigenvalue weighted by Gasteiger charge is -2.18. The van der Waals surface area contributed by atoms with Crippen LogP contribution in [0.2, 0.25) is 0 Å². The van der Waals surface area contributed by atoms with E-state index in [0.29, 0.717) is 19.3 Å². The van der Waals surface area contributed by atoms with Crippen molar-refractivity contribution in [3.8, 4) is 0 Å². The van der Waals surface area contributed by atoms with Gasteiger partial charge in [-0.05, 0) is 89.9 Å². The average molecular weight is 925 g/mol. The van der Waals surface area contributed by atoms with Crippen LogP contribution in [0.1, 0.15) is 213 Å². The van der Waals surface area contributed by atoms with E-state index in [1.807, 2.05) is 79.0 Å². The number of esters is 3. The second-order valence-electron chi connectivity index (χ2n) is 17.2. The number of hydrogen-bond donors (Lipinski definition) is 0. The van der Waals surface area contributed by atoms with Gasteiger partial charge >= 0.3 is 17.9 Å². The van der Waals surface area contributed by atoms with Crippen molar-refractivity contribution in [1.82, 2.24) is 0 Å². The molecule has 6 heteroatoms. The van der Waals surface area contributed by atoms with Crippen LogP contribution in [0.25, 0.3) is 0 Å². The highest BCUT2D eigenvalue weighted by Crippen LogP contribution is 2.13. The average Bonchev–Trinajstić information content (AvgIpc) is 3.33. The molecule has 6 nitrogen and oxygen atoms in total. The molecule has 0 rings (SSSR count). The van der Waals surface area contributed by atoms with Crippen molar-refractivity contribution in [2.75, 3.05) is 13.2 Å². The van der Waals surface area contributed by atoms with E-state index in [1.165, 1.54) is 89.9 Å². The predicted octanol–water partition coefficient (Wildman–Crippen LogP) is 17.9. The molecule has 0 N–H and O–H groups in total. The SMILES string of the molecule is CC/C=C/C=C/C=C/C=C/C=C/C=C/C=C/CCCCCC(=O)OCC(COC(=O)CC/C=C/C/C=C/CCCCCCCC)OC(=O)CCCCCCCCC/C=C/C/C=C/CCCCC. The van der Waals surface area contributed by atoms with Crippen LogP contribution in [-0.4, -0.2) is 37.2 Å². The molecule has 0 aliphatic rings. The van der Waals surface area contributed by atoms with Crippen molar-refractivity contribution in [2.24, 2.45) is 0 Å². The molecule has 0 heterocycles. The molecule has 1 atom stereocenters. The Hall–Kier alpha value is -4.45. The van der Waals surface area contributed by atoms with Gasteiger partial charge in [-0.25, -0.2) is 0 Å². The summed E-state index contributed by atoms with van der Waals surface area (Å²) in [5.74, 6) is -1.05. The van der Waals surface area contributed by atoms with E-state index in [-0.39, 0.29) is 44.0 Å². The molecule has 0 amide bonds. The van der Waals surface area contributed by atoms with E-state index in [9.17, 15) is 14.4 Å². The van der Waals surface area contributed by atoms with Gasteiger partial charge in [0.15, 0.2) is 6.10 Å². The maximum absolute atomic E-state index is 12.8. The minimum Gasteiger partial charge on any atom is -0.462 e. The highest BCUT2D eigenvalue weighted by atomic mass is 16.6. The fraction of sp³-hybridized carbons (Fsp3) is 0.590. The zero-order chi connectivity index (χ0) is 48.6. The zero-order valence-electron chi connectivity index (χ0n) is 42.9. The summed E-state index contributed by atoms with van der Waals surface area (Å²) in [6.07, 6.45) is 75.8. The van der Waals surface area contributed by atoms with Crippen molar-refractivity contribution in [3.05, 3.63) is 134 Å². The molecule has 0 spiro atoms. The Morgan fingerprint density at radius 1 is 0.328 bits per heavy atom. The Balaban J connectivity index is 4.58. The van der Waals surface area contributed by atoms with Crippen molar-refractivity contribution in [1.29, 1.82) is 0 Å². The molecule has 67 heavy (non-hydrogen) atoms. The van der Waals surface area contributed by atoms with Crippen molar-refractivity contribution >= 4 is 17.9 Å². The predicted molar refractivity (Wildman–Crippen MR) is 288 cm³/mol. The Bertz CT molecular complexity index is 1480. The van der Waals surface area contributed by atoms with Gasteiger partial charge in [-0.15, -0.1) is 0 Å². The number of carbonyl (C=O) groups excluding carboxylic acids is 3. The number of rotatable bonds is 46. The minimum absolute atomic E-state index is 0.127. The van der Waals surface area contributed by atoms with Crippen LogP contribution < -0.4 is 0 Å². The van der Waals surface area contributed by atoms with E-state index < -0.39 is 6.10 Å². The smallest absolute Gasteiger partial charge is 0.306 e. The Morgan fingerprint density at radius 3 is 1.16 bits per heavy atom. The molecule has 0 aromatic heterocycles. The third-order valence-electron chi connectivity index (χ3n) is 10.8. The second kappa shape index (κ2) is 54.2. The first-order valence-corrected chi connectivity index (χ1v) is 26.8. The maximum Gasteiger partial charge on any atom is 0.306 e. The molecule has 0 aliphatic carbocycles. The monoisotopic (exact) mass is 925 g/mol. The quantitative estimate of drug-likeness (QED) is 0.0199. The first kappa shape index (κ1) is 62.5. The lowest BCUT2D eigenvalue weighted by molar-refractivity contribution is -0.166. The molecular formula is C61H96O6. The minimum atomic E-state index is -0.829. The normalized spacial score (nSPS) is 13.2. The summed E-state index contributed by atoms with van der Waals surface area (Å²) in [6, 6.07) is 0. The van der Waals surface area contributed by atoms with Crippen LogP contribution >= 0.6 is 0 Å². The molecular weight excluding hydrogens is 829 g/mol. The summed E-state index contributed by atoms with van der Waals surface area (Å²) >= 11 is 0. The highest BCUT2D eigenvalue weighted by Gasteiger charge is 2.19. The van der Waals surface area contributed by atoms with Gasteiger partial charge in [0.05, 0.1) is 0 Å². The lowest BCUT2D eigenvalue weighted by Crippen LogP contribution is -2.30. The Morgan fingerprint density at radius 2 is 0.672 bits per heavy atom. The topological polar surface area (TPSA) is 78.9 Å². The van der Waals surface area contributed by atoms with Gasteiger partial charge in [0, 0.05) is 19.3 Å². The summed E-state index contributed by atoms with van der Waals surface area (Å²) in [7, 11) is 0. The standard InChI is InChI=1S/C61H96O6/c1-4-7-10-13-16-19-22-25-27-29-30-32-33-36-39-42-45-48-51-54-60(63)66-57-58(56-65-59(62)53-50-47-44-41-38-35-24-21-18-15-12-9-6-3)67-61(64)55-52-49-46-43-40-37-34-31-28-26-23-20-17-14-11-8-5-2/h7,10,13,16-17,19-20,22,25-30,32-33,35-36,38-39,44,47,58H,4-6,8-9,11-12,14-15,18,21,23-24,31,34,37,40-43,45-46,48-57H2,1-3H3/b10-7+,16-13+,20-17+,22-19+,27-25+,28-26+,30-29+,33-32+,38-35+,39-36+,47-44+. The Labute approximate surface area is 411 Å². The summed E-state index contributed by atoms with van der Waals surface area (Å²) in [6.45, 7) is 6.34. The van der Waals surface area contributed by atoms with Gasteiger partial charge in [-0.3, -0.25) is 14.4 Å². The molecule has 0 radical (unpaired) electrons. The van der Waals surface area contributed by atoms with Crippen LogP contribution in [-0.2, 0) is 28.6 Å². The molecule has 0 bridgehead atoms. The molecule has 1 unspecified atom stereocenters. The van der Waals surface area contributed by atoms with Gasteiger partial charge in [0.1, 0.15) is 13.2 Å². The van der Waals surface area contributed by atoms with Crippen LogP contribution in [0.5, 0.6) is 0 Å². The van der Waals surface area contributed by atoms with E-state index in [0.717, 1.165) is 70.6 Å². The van der Waals surface area contributed by atoms with Crippen LogP contribution in [0, 0.1) is 0 Å². The first-order chi connectivity index (χ1) is 33.0. The van der Waals surface area contributed by atoms with Crippen LogP contribution in [0.4, 0.5) is 0 Å². The van der Waals surface area contributed by atoms with Crippen LogP contribution in [0.3, 0.4) is 0 Å². The van der Waals surface area contributed by atoms with Crippen molar-refractivity contribution in [2.45, 2.75) is 219 Å². The number of unbranched alkanes of at least 4 members (excludes halogenated alkanes) is 19.